The van der Waals surface area contributed by atoms with Gasteiger partial charge in [0.25, 0.3) is 0 Å². The molecule has 1 N–H and O–H groups in total. The highest BCUT2D eigenvalue weighted by molar-refractivity contribution is 9.10. The topological polar surface area (TPSA) is 15.3 Å². The van der Waals surface area contributed by atoms with Gasteiger partial charge in [-0.25, -0.2) is 0 Å². The van der Waals surface area contributed by atoms with Gasteiger partial charge in [0, 0.05) is 29.3 Å². The molecule has 18 heavy (non-hydrogen) atoms. The van der Waals surface area contributed by atoms with Gasteiger partial charge in [-0.05, 0) is 51.1 Å². The molecule has 1 aromatic carbocycles. The molecule has 2 nitrogen and oxygen atoms in total. The van der Waals surface area contributed by atoms with Crippen molar-refractivity contribution in [1.82, 2.24) is 5.32 Å². The number of halogens is 1. The Hall–Kier alpha value is -0.540. The Morgan fingerprint density at radius 3 is 2.61 bits per heavy atom. The Bertz CT molecular complexity index is 366. The van der Waals surface area contributed by atoms with Gasteiger partial charge in [-0.2, -0.15) is 0 Å². The lowest BCUT2D eigenvalue weighted by Gasteiger charge is -2.28. The molecule has 0 fully saturated rings. The summed E-state index contributed by atoms with van der Waals surface area (Å²) in [7, 11) is 2.01. The lowest BCUT2D eigenvalue weighted by molar-refractivity contribution is 0.644. The van der Waals surface area contributed by atoms with Crippen molar-refractivity contribution in [2.45, 2.75) is 39.7 Å². The zero-order chi connectivity index (χ0) is 13.5. The molecule has 0 aromatic heterocycles. The van der Waals surface area contributed by atoms with Gasteiger partial charge in [0.2, 0.25) is 0 Å². The van der Waals surface area contributed by atoms with E-state index in [1.54, 1.807) is 0 Å². The van der Waals surface area contributed by atoms with Crippen molar-refractivity contribution in [3.63, 3.8) is 0 Å². The first-order valence-corrected chi connectivity index (χ1v) is 7.64. The number of benzene rings is 1. The molecule has 3 heteroatoms. The monoisotopic (exact) mass is 312 g/mol. The number of rotatable bonds is 7. The smallest absolute Gasteiger partial charge is 0.0415 e. The van der Waals surface area contributed by atoms with Crippen molar-refractivity contribution >= 4 is 21.6 Å². The molecule has 0 aliphatic carbocycles. The van der Waals surface area contributed by atoms with Crippen LogP contribution in [-0.4, -0.2) is 20.1 Å². The van der Waals surface area contributed by atoms with E-state index in [2.05, 4.69) is 65.1 Å². The van der Waals surface area contributed by atoms with E-state index in [0.717, 1.165) is 17.6 Å². The number of nitrogens with one attached hydrogen (secondary N) is 1. The molecule has 1 aromatic rings. The minimum atomic E-state index is 0.369. The number of unbranched alkanes of at least 4 members (excludes halogenated alkanes) is 1. The van der Waals surface area contributed by atoms with E-state index in [4.69, 9.17) is 0 Å². The fourth-order valence-corrected chi connectivity index (χ4v) is 2.49. The Balaban J connectivity index is 3.04. The van der Waals surface area contributed by atoms with E-state index in [1.165, 1.54) is 24.1 Å². The van der Waals surface area contributed by atoms with Gasteiger partial charge in [-0.15, -0.1) is 0 Å². The Labute approximate surface area is 120 Å². The van der Waals surface area contributed by atoms with E-state index in [0.29, 0.717) is 6.04 Å². The summed E-state index contributed by atoms with van der Waals surface area (Å²) in [4.78, 5) is 2.47. The average molecular weight is 313 g/mol. The third-order valence-corrected chi connectivity index (χ3v) is 3.89. The van der Waals surface area contributed by atoms with E-state index in [9.17, 15) is 0 Å². The molecule has 0 spiro atoms. The lowest BCUT2D eigenvalue weighted by Crippen LogP contribution is -2.26. The average Bonchev–Trinajstić information content (AvgIpc) is 2.39. The number of hydrogen-bond donors (Lipinski definition) is 1. The van der Waals surface area contributed by atoms with Crippen molar-refractivity contribution in [3.05, 3.63) is 28.2 Å². The third-order valence-electron chi connectivity index (χ3n) is 3.39. The van der Waals surface area contributed by atoms with Gasteiger partial charge >= 0.3 is 0 Å². The normalized spacial score (nSPS) is 12.5. The molecule has 0 radical (unpaired) electrons. The summed E-state index contributed by atoms with van der Waals surface area (Å²) >= 11 is 3.57. The molecule has 1 rings (SSSR count). The van der Waals surface area contributed by atoms with Gasteiger partial charge < -0.3 is 10.2 Å². The van der Waals surface area contributed by atoms with Gasteiger partial charge in [0.1, 0.15) is 0 Å². The molecule has 0 bridgehead atoms. The number of nitrogens with zero attached hydrogens (tertiary/aromatic N) is 1. The zero-order valence-electron chi connectivity index (χ0n) is 12.0. The predicted octanol–water partition coefficient (Wildman–Crippen LogP) is 4.36. The highest BCUT2D eigenvalue weighted by Crippen LogP contribution is 2.29. The Kier molecular flexibility index (Phi) is 6.72. The predicted molar refractivity (Wildman–Crippen MR) is 84.4 cm³/mol. The SMILES string of the molecule is CCCCN(CC)c1ccc(Br)cc1C(C)NC. The summed E-state index contributed by atoms with van der Waals surface area (Å²) in [5.74, 6) is 0. The fourth-order valence-electron chi connectivity index (χ4n) is 2.11. The summed E-state index contributed by atoms with van der Waals surface area (Å²) in [5, 5.41) is 3.34. The van der Waals surface area contributed by atoms with Gasteiger partial charge in [0.15, 0.2) is 0 Å². The molecule has 0 saturated carbocycles. The second-order valence-electron chi connectivity index (χ2n) is 4.65. The van der Waals surface area contributed by atoms with E-state index in [1.807, 2.05) is 7.05 Å². The first kappa shape index (κ1) is 15.5. The van der Waals surface area contributed by atoms with Crippen LogP contribution in [-0.2, 0) is 0 Å². The van der Waals surface area contributed by atoms with E-state index in [-0.39, 0.29) is 0 Å². The van der Waals surface area contributed by atoms with Crippen molar-refractivity contribution < 1.29 is 0 Å². The second-order valence-corrected chi connectivity index (χ2v) is 5.56. The molecule has 1 unspecified atom stereocenters. The van der Waals surface area contributed by atoms with Crippen molar-refractivity contribution in [2.75, 3.05) is 25.0 Å². The summed E-state index contributed by atoms with van der Waals surface area (Å²) < 4.78 is 1.15. The summed E-state index contributed by atoms with van der Waals surface area (Å²) in [6.07, 6.45) is 2.49. The first-order valence-electron chi connectivity index (χ1n) is 6.85. The van der Waals surface area contributed by atoms with Crippen LogP contribution in [0.3, 0.4) is 0 Å². The molecular formula is C15H25BrN2. The highest BCUT2D eigenvalue weighted by atomic mass is 79.9. The molecule has 0 heterocycles. The molecule has 102 valence electrons. The van der Waals surface area contributed by atoms with E-state index < -0.39 is 0 Å². The highest BCUT2D eigenvalue weighted by Gasteiger charge is 2.14. The van der Waals surface area contributed by atoms with Crippen molar-refractivity contribution in [1.29, 1.82) is 0 Å². The maximum Gasteiger partial charge on any atom is 0.0415 e. The van der Waals surface area contributed by atoms with Gasteiger partial charge in [0.05, 0.1) is 0 Å². The Morgan fingerprint density at radius 1 is 1.33 bits per heavy atom. The third kappa shape index (κ3) is 3.99. The summed E-state index contributed by atoms with van der Waals surface area (Å²) in [5.41, 5.74) is 2.72. The van der Waals surface area contributed by atoms with Crippen molar-refractivity contribution in [2.24, 2.45) is 0 Å². The molecular weight excluding hydrogens is 288 g/mol. The van der Waals surface area contributed by atoms with Crippen LogP contribution in [0, 0.1) is 0 Å². The standard InChI is InChI=1S/C15H25BrN2/c1-5-7-10-18(6-2)15-9-8-13(16)11-14(15)12(3)17-4/h8-9,11-12,17H,5-7,10H2,1-4H3. The second kappa shape index (κ2) is 7.80. The fraction of sp³-hybridized carbons (Fsp3) is 0.600. The van der Waals surface area contributed by atoms with Crippen LogP contribution >= 0.6 is 15.9 Å². The summed E-state index contributed by atoms with van der Waals surface area (Å²) in [6, 6.07) is 6.96. The largest absolute Gasteiger partial charge is 0.372 e. The van der Waals surface area contributed by atoms with Gasteiger partial charge in [-0.1, -0.05) is 29.3 Å². The maximum atomic E-state index is 3.57. The van der Waals surface area contributed by atoms with E-state index >= 15 is 0 Å². The molecule has 0 aliphatic rings. The Morgan fingerprint density at radius 2 is 2.06 bits per heavy atom. The number of anilines is 1. The molecule has 0 aliphatic heterocycles. The number of hydrogen-bond acceptors (Lipinski definition) is 2. The molecule has 1 atom stereocenters. The lowest BCUT2D eigenvalue weighted by atomic mass is 10.0. The molecule has 0 saturated heterocycles. The minimum absolute atomic E-state index is 0.369. The summed E-state index contributed by atoms with van der Waals surface area (Å²) in [6.45, 7) is 8.88. The first-order chi connectivity index (χ1) is 8.63. The van der Waals surface area contributed by atoms with Crippen LogP contribution in [0.15, 0.2) is 22.7 Å². The van der Waals surface area contributed by atoms with Gasteiger partial charge in [-0.3, -0.25) is 0 Å². The zero-order valence-corrected chi connectivity index (χ0v) is 13.5. The minimum Gasteiger partial charge on any atom is -0.372 e. The van der Waals surface area contributed by atoms with Crippen LogP contribution in [0.4, 0.5) is 5.69 Å². The van der Waals surface area contributed by atoms with Crippen LogP contribution in [0.2, 0.25) is 0 Å². The van der Waals surface area contributed by atoms with Crippen LogP contribution in [0.25, 0.3) is 0 Å². The maximum absolute atomic E-state index is 3.57. The van der Waals surface area contributed by atoms with Crippen molar-refractivity contribution in [3.8, 4) is 0 Å². The molecule has 0 amide bonds. The van der Waals surface area contributed by atoms with Crippen LogP contribution in [0.1, 0.15) is 45.2 Å². The van der Waals surface area contributed by atoms with Crippen LogP contribution < -0.4 is 10.2 Å². The quantitative estimate of drug-likeness (QED) is 0.805. The van der Waals surface area contributed by atoms with Crippen LogP contribution in [0.5, 0.6) is 0 Å².